The van der Waals surface area contributed by atoms with Gasteiger partial charge in [0, 0.05) is 17.1 Å². The van der Waals surface area contributed by atoms with Crippen LogP contribution in [0.25, 0.3) is 0 Å². The Hall–Kier alpha value is -1.51. The highest BCUT2D eigenvalue weighted by molar-refractivity contribution is 6.30. The van der Waals surface area contributed by atoms with Crippen molar-refractivity contribution in [3.05, 3.63) is 58.6 Å². The lowest BCUT2D eigenvalue weighted by atomic mass is 10.0. The Morgan fingerprint density at radius 2 is 1.95 bits per heavy atom. The van der Waals surface area contributed by atoms with Crippen LogP contribution in [0.1, 0.15) is 37.8 Å². The Morgan fingerprint density at radius 1 is 1.14 bits per heavy atom. The van der Waals surface area contributed by atoms with Crippen LogP contribution >= 0.6 is 11.6 Å². The maximum Gasteiger partial charge on any atom is 0.132 e. The van der Waals surface area contributed by atoms with Crippen LogP contribution in [-0.2, 0) is 6.54 Å². The topological polar surface area (TPSA) is 21.3 Å². The second kappa shape index (κ2) is 7.48. The highest BCUT2D eigenvalue weighted by Crippen LogP contribution is 2.29. The summed E-state index contributed by atoms with van der Waals surface area (Å²) in [5.74, 6) is 2.20. The summed E-state index contributed by atoms with van der Waals surface area (Å²) >= 11 is 6.08. The third-order valence-electron chi connectivity index (χ3n) is 3.34. The Kier molecular flexibility index (Phi) is 5.66. The van der Waals surface area contributed by atoms with E-state index in [2.05, 4.69) is 38.2 Å². The van der Waals surface area contributed by atoms with E-state index in [1.54, 1.807) is 0 Å². The molecule has 3 heteroatoms. The Balaban J connectivity index is 2.24. The van der Waals surface area contributed by atoms with Crippen LogP contribution in [0.4, 0.5) is 0 Å². The second-order valence-corrected chi connectivity index (χ2v) is 5.80. The summed E-state index contributed by atoms with van der Waals surface area (Å²) < 4.78 is 6.05. The van der Waals surface area contributed by atoms with E-state index in [9.17, 15) is 0 Å². The fraction of sp³-hybridized carbons (Fsp3) is 0.333. The summed E-state index contributed by atoms with van der Waals surface area (Å²) in [6.45, 7) is 8.10. The summed E-state index contributed by atoms with van der Waals surface area (Å²) in [5, 5.41) is 4.04. The molecule has 0 saturated heterocycles. The molecule has 2 aromatic carbocycles. The maximum absolute atomic E-state index is 6.08. The molecule has 1 N–H and O–H groups in total. The molecule has 0 aliphatic heterocycles. The van der Waals surface area contributed by atoms with Crippen molar-refractivity contribution >= 4 is 11.6 Å². The van der Waals surface area contributed by atoms with E-state index in [0.717, 1.165) is 35.2 Å². The summed E-state index contributed by atoms with van der Waals surface area (Å²) in [7, 11) is 0. The molecule has 0 amide bonds. The molecule has 0 aromatic heterocycles. The van der Waals surface area contributed by atoms with Crippen molar-refractivity contribution in [1.82, 2.24) is 5.32 Å². The number of halogens is 1. The van der Waals surface area contributed by atoms with E-state index in [4.69, 9.17) is 16.3 Å². The number of hydrogen-bond acceptors (Lipinski definition) is 2. The fourth-order valence-electron chi connectivity index (χ4n) is 2.11. The predicted octanol–water partition coefficient (Wildman–Crippen LogP) is 5.37. The summed E-state index contributed by atoms with van der Waals surface area (Å²) in [5.41, 5.74) is 2.34. The molecule has 0 saturated carbocycles. The molecule has 2 nitrogen and oxygen atoms in total. The van der Waals surface area contributed by atoms with Crippen molar-refractivity contribution in [1.29, 1.82) is 0 Å². The minimum absolute atomic E-state index is 0.486. The normalized spacial score (nSPS) is 10.9. The minimum Gasteiger partial charge on any atom is -0.457 e. The molecule has 0 fully saturated rings. The Labute approximate surface area is 132 Å². The number of benzene rings is 2. The van der Waals surface area contributed by atoms with Crippen LogP contribution in [0, 0.1) is 0 Å². The third kappa shape index (κ3) is 4.48. The zero-order valence-corrected chi connectivity index (χ0v) is 13.6. The number of hydrogen-bond donors (Lipinski definition) is 1. The van der Waals surface area contributed by atoms with Crippen molar-refractivity contribution in [3.63, 3.8) is 0 Å². The summed E-state index contributed by atoms with van der Waals surface area (Å²) in [6.07, 6.45) is 0. The Bertz CT molecular complexity index is 596. The van der Waals surface area contributed by atoms with Gasteiger partial charge >= 0.3 is 0 Å². The molecule has 0 spiro atoms. The van der Waals surface area contributed by atoms with E-state index >= 15 is 0 Å². The molecule has 2 rings (SSSR count). The second-order valence-electron chi connectivity index (χ2n) is 5.36. The number of rotatable bonds is 6. The Morgan fingerprint density at radius 3 is 2.67 bits per heavy atom. The van der Waals surface area contributed by atoms with Gasteiger partial charge < -0.3 is 10.1 Å². The van der Waals surface area contributed by atoms with Crippen LogP contribution in [0.3, 0.4) is 0 Å². The number of ether oxygens (including phenoxy) is 1. The van der Waals surface area contributed by atoms with E-state index in [0.29, 0.717) is 5.92 Å². The molecular formula is C18H22ClNO. The van der Waals surface area contributed by atoms with Crippen LogP contribution in [0.2, 0.25) is 5.02 Å². The molecule has 0 aliphatic rings. The van der Waals surface area contributed by atoms with Gasteiger partial charge in [0.05, 0.1) is 0 Å². The number of nitrogens with one attached hydrogen (secondary N) is 1. The first-order valence-corrected chi connectivity index (χ1v) is 7.75. The third-order valence-corrected chi connectivity index (χ3v) is 3.58. The quantitative estimate of drug-likeness (QED) is 0.775. The average Bonchev–Trinajstić information content (AvgIpc) is 2.47. The summed E-state index contributed by atoms with van der Waals surface area (Å²) in [4.78, 5) is 0. The van der Waals surface area contributed by atoms with E-state index in [1.807, 2.05) is 30.3 Å². The monoisotopic (exact) mass is 303 g/mol. The van der Waals surface area contributed by atoms with Crippen LogP contribution in [-0.4, -0.2) is 6.54 Å². The van der Waals surface area contributed by atoms with Gasteiger partial charge in [-0.15, -0.1) is 0 Å². The molecule has 0 bridgehead atoms. The molecule has 0 atom stereocenters. The van der Waals surface area contributed by atoms with Crippen molar-refractivity contribution in [2.75, 3.05) is 6.54 Å². The lowest BCUT2D eigenvalue weighted by Gasteiger charge is -2.13. The first kappa shape index (κ1) is 15.9. The lowest BCUT2D eigenvalue weighted by molar-refractivity contribution is 0.472. The minimum atomic E-state index is 0.486. The van der Waals surface area contributed by atoms with E-state index < -0.39 is 0 Å². The van der Waals surface area contributed by atoms with Gasteiger partial charge in [0.2, 0.25) is 0 Å². The molecule has 112 valence electrons. The zero-order chi connectivity index (χ0) is 15.2. The molecule has 21 heavy (non-hydrogen) atoms. The summed E-state index contributed by atoms with van der Waals surface area (Å²) in [6, 6.07) is 14.0. The first-order chi connectivity index (χ1) is 10.1. The average molecular weight is 304 g/mol. The van der Waals surface area contributed by atoms with Crippen molar-refractivity contribution in [2.24, 2.45) is 0 Å². The van der Waals surface area contributed by atoms with Gasteiger partial charge in [0.1, 0.15) is 11.5 Å². The zero-order valence-electron chi connectivity index (χ0n) is 12.8. The predicted molar refractivity (Wildman–Crippen MR) is 89.4 cm³/mol. The largest absolute Gasteiger partial charge is 0.457 e. The van der Waals surface area contributed by atoms with Crippen LogP contribution in [0.15, 0.2) is 42.5 Å². The van der Waals surface area contributed by atoms with E-state index in [1.165, 1.54) is 5.56 Å². The van der Waals surface area contributed by atoms with Gasteiger partial charge in [-0.2, -0.15) is 0 Å². The van der Waals surface area contributed by atoms with Gasteiger partial charge in [-0.25, -0.2) is 0 Å². The maximum atomic E-state index is 6.08. The fourth-order valence-corrected chi connectivity index (χ4v) is 2.30. The first-order valence-electron chi connectivity index (χ1n) is 7.37. The van der Waals surface area contributed by atoms with Gasteiger partial charge in [0.25, 0.3) is 0 Å². The van der Waals surface area contributed by atoms with Gasteiger partial charge in [-0.05, 0) is 48.4 Å². The van der Waals surface area contributed by atoms with Crippen molar-refractivity contribution in [2.45, 2.75) is 33.2 Å². The van der Waals surface area contributed by atoms with Gasteiger partial charge in [-0.1, -0.05) is 44.5 Å². The van der Waals surface area contributed by atoms with Gasteiger partial charge in [-0.3, -0.25) is 0 Å². The standard InChI is InChI=1S/C18H22ClNO/c1-4-20-12-15-10-16(19)8-9-18(15)21-17-7-5-6-14(11-17)13(2)3/h5-11,13,20H,4,12H2,1-3H3. The van der Waals surface area contributed by atoms with E-state index in [-0.39, 0.29) is 0 Å². The van der Waals surface area contributed by atoms with Crippen LogP contribution < -0.4 is 10.1 Å². The smallest absolute Gasteiger partial charge is 0.132 e. The molecule has 0 radical (unpaired) electrons. The van der Waals surface area contributed by atoms with Crippen molar-refractivity contribution in [3.8, 4) is 11.5 Å². The molecule has 0 unspecified atom stereocenters. The van der Waals surface area contributed by atoms with Gasteiger partial charge in [0.15, 0.2) is 0 Å². The highest BCUT2D eigenvalue weighted by Gasteiger charge is 2.07. The molecular weight excluding hydrogens is 282 g/mol. The van der Waals surface area contributed by atoms with Crippen LogP contribution in [0.5, 0.6) is 11.5 Å². The molecule has 0 heterocycles. The molecule has 2 aromatic rings. The molecule has 0 aliphatic carbocycles. The SMILES string of the molecule is CCNCc1cc(Cl)ccc1Oc1cccc(C(C)C)c1. The lowest BCUT2D eigenvalue weighted by Crippen LogP contribution is -2.12. The highest BCUT2D eigenvalue weighted by atomic mass is 35.5. The van der Waals surface area contributed by atoms with Crippen molar-refractivity contribution < 1.29 is 4.74 Å².